The van der Waals surface area contributed by atoms with Gasteiger partial charge in [-0.05, 0) is 18.2 Å². The smallest absolute Gasteiger partial charge is 0.301 e. The number of nitrogens with two attached hydrogens (primary N) is 1. The highest BCUT2D eigenvalue weighted by Gasteiger charge is 2.23. The summed E-state index contributed by atoms with van der Waals surface area (Å²) in [5.74, 6) is 0. The molecule has 0 saturated carbocycles. The van der Waals surface area contributed by atoms with E-state index in [1.54, 1.807) is 0 Å². The van der Waals surface area contributed by atoms with Crippen molar-refractivity contribution in [3.05, 3.63) is 24.3 Å². The van der Waals surface area contributed by atoms with Crippen LogP contribution in [0.15, 0.2) is 24.3 Å². The number of anilines is 2. The van der Waals surface area contributed by atoms with Crippen molar-refractivity contribution in [2.45, 2.75) is 0 Å². The Balaban J connectivity index is 2.13. The second-order valence-corrected chi connectivity index (χ2v) is 7.45. The summed E-state index contributed by atoms with van der Waals surface area (Å²) in [6.45, 7) is 1.94. The van der Waals surface area contributed by atoms with Gasteiger partial charge in [0.2, 0.25) is 0 Å². The van der Waals surface area contributed by atoms with Crippen LogP contribution in [-0.2, 0) is 20.4 Å². The van der Waals surface area contributed by atoms with Crippen molar-refractivity contribution in [3.63, 3.8) is 0 Å². The Labute approximate surface area is 123 Å². The fourth-order valence-corrected chi connectivity index (χ4v) is 3.58. The normalized spacial score (nSPS) is 17.4. The molecule has 1 aromatic carbocycles. The van der Waals surface area contributed by atoms with Crippen LogP contribution in [0.4, 0.5) is 11.4 Å². The minimum Gasteiger partial charge on any atom is -0.314 e. The number of piperazine rings is 1. The molecule has 1 aliphatic rings. The van der Waals surface area contributed by atoms with Crippen molar-refractivity contribution >= 4 is 31.8 Å². The maximum atomic E-state index is 12.2. The van der Waals surface area contributed by atoms with Gasteiger partial charge in [0.05, 0.1) is 11.4 Å². The summed E-state index contributed by atoms with van der Waals surface area (Å²) in [4.78, 5) is 0. The zero-order valence-electron chi connectivity index (χ0n) is 11.1. The largest absolute Gasteiger partial charge is 0.314 e. The van der Waals surface area contributed by atoms with Gasteiger partial charge in [-0.2, -0.15) is 21.1 Å². The number of nitrogens with one attached hydrogen (secondary N) is 3. The topological polar surface area (TPSA) is 134 Å². The molecule has 1 aliphatic heterocycles. The SMILES string of the molecule is NS(=O)(=O)Nc1cccc(NS(=O)(=O)N2CCNCC2)c1. The van der Waals surface area contributed by atoms with Crippen molar-refractivity contribution in [1.82, 2.24) is 9.62 Å². The quantitative estimate of drug-likeness (QED) is 0.540. The molecular formula is C10H17N5O4S2. The predicted octanol–water partition coefficient (Wildman–Crippen LogP) is -1.14. The molecule has 2 rings (SSSR count). The minimum atomic E-state index is -3.90. The Morgan fingerprint density at radius 3 is 2.19 bits per heavy atom. The fourth-order valence-electron chi connectivity index (χ4n) is 1.91. The molecule has 11 heteroatoms. The van der Waals surface area contributed by atoms with Crippen LogP contribution in [0.3, 0.4) is 0 Å². The molecule has 0 amide bonds. The molecule has 21 heavy (non-hydrogen) atoms. The van der Waals surface area contributed by atoms with Crippen LogP contribution in [-0.4, -0.2) is 47.3 Å². The van der Waals surface area contributed by atoms with Gasteiger partial charge in [-0.1, -0.05) is 6.07 Å². The summed E-state index contributed by atoms with van der Waals surface area (Å²) in [6.07, 6.45) is 0. The Bertz CT molecular complexity index is 698. The number of benzene rings is 1. The van der Waals surface area contributed by atoms with Crippen LogP contribution in [0.1, 0.15) is 0 Å². The molecule has 1 saturated heterocycles. The Hall–Kier alpha value is -1.40. The van der Waals surface area contributed by atoms with Gasteiger partial charge < -0.3 is 5.32 Å². The molecule has 0 bridgehead atoms. The third-order valence-corrected chi connectivity index (χ3v) is 4.84. The maximum Gasteiger partial charge on any atom is 0.301 e. The molecule has 118 valence electrons. The van der Waals surface area contributed by atoms with E-state index in [0.717, 1.165) is 0 Å². The Morgan fingerprint density at radius 1 is 1.05 bits per heavy atom. The molecule has 9 nitrogen and oxygen atoms in total. The van der Waals surface area contributed by atoms with E-state index in [9.17, 15) is 16.8 Å². The second kappa shape index (κ2) is 6.15. The lowest BCUT2D eigenvalue weighted by atomic mass is 10.3. The van der Waals surface area contributed by atoms with Crippen LogP contribution in [0.25, 0.3) is 0 Å². The molecule has 1 heterocycles. The standard InChI is InChI=1S/C10H17N5O4S2/c11-20(16,17)13-9-2-1-3-10(8-9)14-21(18,19)15-6-4-12-5-7-15/h1-3,8,12-14H,4-7H2,(H2,11,16,17). The molecule has 0 unspecified atom stereocenters. The van der Waals surface area contributed by atoms with Gasteiger partial charge >= 0.3 is 10.2 Å². The average molecular weight is 335 g/mol. The third-order valence-electron chi connectivity index (χ3n) is 2.79. The van der Waals surface area contributed by atoms with Crippen LogP contribution < -0.4 is 19.9 Å². The summed E-state index contributed by atoms with van der Waals surface area (Å²) >= 11 is 0. The number of hydrogen-bond donors (Lipinski definition) is 4. The zero-order valence-corrected chi connectivity index (χ0v) is 12.7. The second-order valence-electron chi connectivity index (χ2n) is 4.48. The molecular weight excluding hydrogens is 318 g/mol. The van der Waals surface area contributed by atoms with Gasteiger partial charge in [-0.25, -0.2) is 5.14 Å². The lowest BCUT2D eigenvalue weighted by Crippen LogP contribution is -2.48. The van der Waals surface area contributed by atoms with Gasteiger partial charge in [0.1, 0.15) is 0 Å². The molecule has 1 aromatic rings. The van der Waals surface area contributed by atoms with Crippen molar-refractivity contribution in [1.29, 1.82) is 0 Å². The fraction of sp³-hybridized carbons (Fsp3) is 0.400. The molecule has 0 aromatic heterocycles. The van der Waals surface area contributed by atoms with Crippen molar-refractivity contribution in [2.75, 3.05) is 35.6 Å². The van der Waals surface area contributed by atoms with Crippen molar-refractivity contribution in [2.24, 2.45) is 5.14 Å². The van der Waals surface area contributed by atoms with Gasteiger partial charge in [-0.3, -0.25) is 9.44 Å². The lowest BCUT2D eigenvalue weighted by molar-refractivity contribution is 0.362. The highest BCUT2D eigenvalue weighted by atomic mass is 32.2. The summed E-state index contributed by atoms with van der Waals surface area (Å²) in [5.41, 5.74) is 0.431. The van der Waals surface area contributed by atoms with Gasteiger partial charge in [0, 0.05) is 26.2 Å². The first kappa shape index (κ1) is 16.0. The molecule has 0 atom stereocenters. The van der Waals surface area contributed by atoms with E-state index in [-0.39, 0.29) is 11.4 Å². The number of hydrogen-bond acceptors (Lipinski definition) is 5. The van der Waals surface area contributed by atoms with Gasteiger partial charge in [0.25, 0.3) is 10.2 Å². The van der Waals surface area contributed by atoms with E-state index in [4.69, 9.17) is 5.14 Å². The summed E-state index contributed by atoms with van der Waals surface area (Å²) in [7, 11) is -7.57. The number of rotatable bonds is 5. The molecule has 0 radical (unpaired) electrons. The monoisotopic (exact) mass is 335 g/mol. The first-order valence-electron chi connectivity index (χ1n) is 6.15. The van der Waals surface area contributed by atoms with Crippen molar-refractivity contribution < 1.29 is 16.8 Å². The van der Waals surface area contributed by atoms with E-state index in [1.165, 1.54) is 28.6 Å². The maximum absolute atomic E-state index is 12.2. The van der Waals surface area contributed by atoms with Crippen LogP contribution in [0, 0.1) is 0 Å². The lowest BCUT2D eigenvalue weighted by Gasteiger charge is -2.26. The number of nitrogens with zero attached hydrogens (tertiary/aromatic N) is 1. The zero-order chi connectivity index (χ0) is 15.5. The van der Waals surface area contributed by atoms with E-state index in [2.05, 4.69) is 14.8 Å². The van der Waals surface area contributed by atoms with Crippen LogP contribution >= 0.6 is 0 Å². The van der Waals surface area contributed by atoms with E-state index < -0.39 is 20.4 Å². The molecule has 1 fully saturated rings. The Kier molecular flexibility index (Phi) is 4.68. The van der Waals surface area contributed by atoms with E-state index in [0.29, 0.717) is 26.2 Å². The minimum absolute atomic E-state index is 0.179. The average Bonchev–Trinajstić information content (AvgIpc) is 2.37. The first-order chi connectivity index (χ1) is 9.76. The van der Waals surface area contributed by atoms with Crippen LogP contribution in [0.2, 0.25) is 0 Å². The first-order valence-corrected chi connectivity index (χ1v) is 9.14. The highest BCUT2D eigenvalue weighted by molar-refractivity contribution is 7.90. The predicted molar refractivity (Wildman–Crippen MR) is 80.2 cm³/mol. The van der Waals surface area contributed by atoms with Gasteiger partial charge in [0.15, 0.2) is 0 Å². The van der Waals surface area contributed by atoms with E-state index >= 15 is 0 Å². The molecule has 0 spiro atoms. The van der Waals surface area contributed by atoms with Gasteiger partial charge in [-0.15, -0.1) is 0 Å². The van der Waals surface area contributed by atoms with Crippen LogP contribution in [0.5, 0.6) is 0 Å². The van der Waals surface area contributed by atoms with Crippen molar-refractivity contribution in [3.8, 4) is 0 Å². The third kappa shape index (κ3) is 4.82. The Morgan fingerprint density at radius 2 is 1.62 bits per heavy atom. The molecule has 5 N–H and O–H groups in total. The molecule has 0 aliphatic carbocycles. The summed E-state index contributed by atoms with van der Waals surface area (Å²) in [6, 6.07) is 5.86. The highest BCUT2D eigenvalue weighted by Crippen LogP contribution is 2.18. The summed E-state index contributed by atoms with van der Waals surface area (Å²) in [5, 5.41) is 7.93. The summed E-state index contributed by atoms with van der Waals surface area (Å²) < 4.78 is 52.1. The van der Waals surface area contributed by atoms with E-state index in [1.807, 2.05) is 0 Å².